The Hall–Kier alpha value is -1.53. The molecule has 1 amide bonds. The number of benzene rings is 1. The molecule has 1 heterocycles. The van der Waals surface area contributed by atoms with Crippen LogP contribution in [-0.4, -0.2) is 38.4 Å². The first-order chi connectivity index (χ1) is 9.60. The molecule has 6 heteroatoms. The molecule has 1 aliphatic heterocycles. The summed E-state index contributed by atoms with van der Waals surface area (Å²) in [4.78, 5) is 17.6. The Morgan fingerprint density at radius 1 is 1.35 bits per heavy atom. The van der Waals surface area contributed by atoms with Gasteiger partial charge in [0, 0.05) is 12.0 Å². The van der Waals surface area contributed by atoms with Crippen molar-refractivity contribution in [3.8, 4) is 0 Å². The molecule has 5 nitrogen and oxygen atoms in total. The van der Waals surface area contributed by atoms with Crippen molar-refractivity contribution in [1.82, 2.24) is 10.6 Å². The molecule has 0 radical (unpaired) electrons. The molecular weight excluding hydrogens is 274 g/mol. The second kappa shape index (κ2) is 6.28. The number of ether oxygens (including phenoxy) is 1. The first kappa shape index (κ1) is 14.9. The Kier molecular flexibility index (Phi) is 4.67. The summed E-state index contributed by atoms with van der Waals surface area (Å²) in [6.45, 7) is 2.90. The maximum absolute atomic E-state index is 12.2. The highest BCUT2D eigenvalue weighted by Gasteiger charge is 2.42. The molecule has 1 aliphatic rings. The zero-order chi connectivity index (χ0) is 14.6. The van der Waals surface area contributed by atoms with Crippen LogP contribution in [0.25, 0.3) is 0 Å². The summed E-state index contributed by atoms with van der Waals surface area (Å²) in [6.07, 6.45) is 2.03. The Bertz CT molecular complexity index is 516. The average Bonchev–Trinajstić information content (AvgIpc) is 2.75. The van der Waals surface area contributed by atoms with Crippen molar-refractivity contribution >= 4 is 23.6 Å². The fourth-order valence-corrected chi connectivity index (χ4v) is 2.42. The van der Waals surface area contributed by atoms with Gasteiger partial charge in [-0.05, 0) is 30.9 Å². The molecule has 1 atom stereocenters. The predicted octanol–water partition coefficient (Wildman–Crippen LogP) is 1.35. The summed E-state index contributed by atoms with van der Waals surface area (Å²) in [7, 11) is 1.62. The van der Waals surface area contributed by atoms with Gasteiger partial charge in [0.1, 0.15) is 5.54 Å². The van der Waals surface area contributed by atoms with Crippen LogP contribution in [0.4, 0.5) is 0 Å². The number of amides is 1. The minimum absolute atomic E-state index is 0.0921. The van der Waals surface area contributed by atoms with Crippen LogP contribution in [0.2, 0.25) is 0 Å². The summed E-state index contributed by atoms with van der Waals surface area (Å²) in [5.74, 6) is 0.411. The quantitative estimate of drug-likeness (QED) is 0.635. The first-order valence-electron chi connectivity index (χ1n) is 6.37. The lowest BCUT2D eigenvalue weighted by molar-refractivity contribution is -0.123. The van der Waals surface area contributed by atoms with E-state index in [0.717, 1.165) is 5.56 Å². The third kappa shape index (κ3) is 2.96. The monoisotopic (exact) mass is 293 g/mol. The average molecular weight is 293 g/mol. The van der Waals surface area contributed by atoms with E-state index in [2.05, 4.69) is 15.6 Å². The summed E-state index contributed by atoms with van der Waals surface area (Å²) in [6, 6.07) is 7.97. The SMILES string of the molecule is COCCN=C1NC(=O)C(C)(c2ccc(SC)cc2)N1. The summed E-state index contributed by atoms with van der Waals surface area (Å²) in [5, 5.41) is 5.93. The van der Waals surface area contributed by atoms with Crippen molar-refractivity contribution in [3.05, 3.63) is 29.8 Å². The van der Waals surface area contributed by atoms with E-state index >= 15 is 0 Å². The molecule has 20 heavy (non-hydrogen) atoms. The van der Waals surface area contributed by atoms with Gasteiger partial charge in [0.25, 0.3) is 5.91 Å². The van der Waals surface area contributed by atoms with Crippen LogP contribution in [0.3, 0.4) is 0 Å². The second-order valence-electron chi connectivity index (χ2n) is 4.66. The largest absolute Gasteiger partial charge is 0.383 e. The Morgan fingerprint density at radius 3 is 2.65 bits per heavy atom. The lowest BCUT2D eigenvalue weighted by Crippen LogP contribution is -2.40. The number of rotatable bonds is 5. The predicted molar refractivity (Wildman–Crippen MR) is 81.0 cm³/mol. The van der Waals surface area contributed by atoms with E-state index in [9.17, 15) is 4.79 Å². The molecule has 0 bridgehead atoms. The second-order valence-corrected chi connectivity index (χ2v) is 5.54. The molecule has 1 unspecified atom stereocenters. The number of thioether (sulfide) groups is 1. The van der Waals surface area contributed by atoms with E-state index in [0.29, 0.717) is 19.1 Å². The molecule has 2 rings (SSSR count). The molecule has 0 saturated carbocycles. The fourth-order valence-electron chi connectivity index (χ4n) is 2.01. The van der Waals surface area contributed by atoms with Gasteiger partial charge in [-0.25, -0.2) is 0 Å². The Morgan fingerprint density at radius 2 is 2.05 bits per heavy atom. The number of carbonyl (C=O) groups excluding carboxylic acids is 1. The third-order valence-corrected chi connectivity index (χ3v) is 4.03. The maximum atomic E-state index is 12.2. The third-order valence-electron chi connectivity index (χ3n) is 3.29. The van der Waals surface area contributed by atoms with Crippen molar-refractivity contribution < 1.29 is 9.53 Å². The van der Waals surface area contributed by atoms with Crippen LogP contribution in [-0.2, 0) is 15.1 Å². The van der Waals surface area contributed by atoms with E-state index in [1.54, 1.807) is 18.9 Å². The zero-order valence-electron chi connectivity index (χ0n) is 11.9. The molecule has 0 spiro atoms. The smallest absolute Gasteiger partial charge is 0.256 e. The maximum Gasteiger partial charge on any atom is 0.256 e. The fraction of sp³-hybridized carbons (Fsp3) is 0.429. The molecule has 1 aromatic carbocycles. The lowest BCUT2D eigenvalue weighted by atomic mass is 9.92. The lowest BCUT2D eigenvalue weighted by Gasteiger charge is -2.21. The highest BCUT2D eigenvalue weighted by molar-refractivity contribution is 7.98. The Balaban J connectivity index is 2.17. The van der Waals surface area contributed by atoms with Crippen LogP contribution in [0.1, 0.15) is 12.5 Å². The van der Waals surface area contributed by atoms with Gasteiger partial charge in [0.05, 0.1) is 13.2 Å². The molecule has 2 N–H and O–H groups in total. The number of guanidine groups is 1. The normalized spacial score (nSPS) is 23.8. The van der Waals surface area contributed by atoms with E-state index in [1.165, 1.54) is 4.90 Å². The van der Waals surface area contributed by atoms with Crippen LogP contribution < -0.4 is 10.6 Å². The van der Waals surface area contributed by atoms with Gasteiger partial charge in [-0.1, -0.05) is 12.1 Å². The first-order valence-corrected chi connectivity index (χ1v) is 7.60. The summed E-state index contributed by atoms with van der Waals surface area (Å²) < 4.78 is 4.94. The van der Waals surface area contributed by atoms with Crippen LogP contribution >= 0.6 is 11.8 Å². The number of nitrogens with one attached hydrogen (secondary N) is 2. The van der Waals surface area contributed by atoms with E-state index in [-0.39, 0.29) is 5.91 Å². The van der Waals surface area contributed by atoms with Gasteiger partial charge in [0.15, 0.2) is 5.96 Å². The van der Waals surface area contributed by atoms with Crippen molar-refractivity contribution in [2.24, 2.45) is 4.99 Å². The van der Waals surface area contributed by atoms with Crippen LogP contribution in [0.5, 0.6) is 0 Å². The highest BCUT2D eigenvalue weighted by atomic mass is 32.2. The van der Waals surface area contributed by atoms with Crippen molar-refractivity contribution in [3.63, 3.8) is 0 Å². The Labute approximate surface area is 123 Å². The van der Waals surface area contributed by atoms with E-state index < -0.39 is 5.54 Å². The summed E-state index contributed by atoms with van der Waals surface area (Å²) >= 11 is 1.68. The van der Waals surface area contributed by atoms with Gasteiger partial charge >= 0.3 is 0 Å². The number of nitrogens with zero attached hydrogens (tertiary/aromatic N) is 1. The molecule has 108 valence electrons. The van der Waals surface area contributed by atoms with Gasteiger partial charge in [-0.15, -0.1) is 11.8 Å². The molecule has 1 aromatic rings. The standard InChI is InChI=1S/C14H19N3O2S/c1-14(10-4-6-11(20-3)7-5-10)12(18)16-13(17-14)15-8-9-19-2/h4-7H,8-9H2,1-3H3,(H2,15,16,17,18). The molecule has 1 fully saturated rings. The number of aliphatic imine (C=N–C) groups is 1. The molecule has 1 saturated heterocycles. The summed E-state index contributed by atoms with van der Waals surface area (Å²) in [5.41, 5.74) is 0.146. The van der Waals surface area contributed by atoms with Gasteiger partial charge in [-0.2, -0.15) is 0 Å². The van der Waals surface area contributed by atoms with Crippen molar-refractivity contribution in [2.45, 2.75) is 17.4 Å². The molecule has 0 aromatic heterocycles. The topological polar surface area (TPSA) is 62.7 Å². The van der Waals surface area contributed by atoms with Crippen molar-refractivity contribution in [1.29, 1.82) is 0 Å². The minimum atomic E-state index is -0.775. The van der Waals surface area contributed by atoms with Gasteiger partial charge in [-0.3, -0.25) is 15.1 Å². The van der Waals surface area contributed by atoms with E-state index in [4.69, 9.17) is 4.74 Å². The number of hydrogen-bond acceptors (Lipinski definition) is 4. The molecule has 0 aliphatic carbocycles. The number of hydrogen-bond donors (Lipinski definition) is 2. The van der Waals surface area contributed by atoms with Crippen LogP contribution in [0, 0.1) is 0 Å². The minimum Gasteiger partial charge on any atom is -0.383 e. The highest BCUT2D eigenvalue weighted by Crippen LogP contribution is 2.26. The van der Waals surface area contributed by atoms with Gasteiger partial charge < -0.3 is 10.1 Å². The van der Waals surface area contributed by atoms with E-state index in [1.807, 2.05) is 37.4 Å². The molecular formula is C14H19N3O2S. The number of carbonyl (C=O) groups is 1. The van der Waals surface area contributed by atoms with Crippen molar-refractivity contribution in [2.75, 3.05) is 26.5 Å². The van der Waals surface area contributed by atoms with Crippen LogP contribution in [0.15, 0.2) is 34.2 Å². The van der Waals surface area contributed by atoms with Gasteiger partial charge in [0.2, 0.25) is 0 Å². The zero-order valence-corrected chi connectivity index (χ0v) is 12.7. The number of methoxy groups -OCH3 is 1.